The summed E-state index contributed by atoms with van der Waals surface area (Å²) in [5.41, 5.74) is 7.26. The van der Waals surface area contributed by atoms with Crippen LogP contribution in [0.1, 0.15) is 30.6 Å². The third kappa shape index (κ3) is 4.34. The van der Waals surface area contributed by atoms with Gasteiger partial charge in [0.2, 0.25) is 5.91 Å². The van der Waals surface area contributed by atoms with E-state index in [4.69, 9.17) is 10.5 Å². The van der Waals surface area contributed by atoms with Gasteiger partial charge in [0, 0.05) is 10.8 Å². The summed E-state index contributed by atoms with van der Waals surface area (Å²) in [6, 6.07) is 13.6. The van der Waals surface area contributed by atoms with E-state index in [9.17, 15) is 14.4 Å². The quantitative estimate of drug-likeness (QED) is 0.473. The van der Waals surface area contributed by atoms with Gasteiger partial charge in [-0.15, -0.1) is 0 Å². The number of hydrogen-bond donors (Lipinski definition) is 2. The number of primary amides is 1. The van der Waals surface area contributed by atoms with Crippen molar-refractivity contribution in [3.05, 3.63) is 54.1 Å². The summed E-state index contributed by atoms with van der Waals surface area (Å²) < 4.78 is 4.98. The zero-order valence-corrected chi connectivity index (χ0v) is 16.3. The van der Waals surface area contributed by atoms with Crippen molar-refractivity contribution >= 4 is 39.6 Å². The molecule has 7 nitrogen and oxygen atoms in total. The highest BCUT2D eigenvalue weighted by atomic mass is 16.5. The molecule has 7 heteroatoms. The van der Waals surface area contributed by atoms with Gasteiger partial charge in [0.25, 0.3) is 5.91 Å². The van der Waals surface area contributed by atoms with E-state index in [1.165, 1.54) is 0 Å². The number of para-hydroxylation sites is 2. The van der Waals surface area contributed by atoms with Gasteiger partial charge in [0.15, 0.2) is 0 Å². The fourth-order valence-corrected chi connectivity index (χ4v) is 3.30. The number of carbonyl (C=O) groups excluding carboxylic acids is 3. The predicted molar refractivity (Wildman–Crippen MR) is 110 cm³/mol. The van der Waals surface area contributed by atoms with E-state index in [1.54, 1.807) is 13.8 Å². The van der Waals surface area contributed by atoms with Crippen LogP contribution in [0.25, 0.3) is 21.8 Å². The average molecular weight is 393 g/mol. The van der Waals surface area contributed by atoms with Gasteiger partial charge in [0.05, 0.1) is 29.1 Å². The van der Waals surface area contributed by atoms with Crippen molar-refractivity contribution in [2.24, 2.45) is 11.7 Å². The number of rotatable bonds is 7. The lowest BCUT2D eigenvalue weighted by Crippen LogP contribution is -2.46. The number of esters is 1. The van der Waals surface area contributed by atoms with E-state index >= 15 is 0 Å². The van der Waals surface area contributed by atoms with Crippen LogP contribution in [0, 0.1) is 5.92 Å². The van der Waals surface area contributed by atoms with Crippen molar-refractivity contribution in [3.63, 3.8) is 0 Å². The van der Waals surface area contributed by atoms with Gasteiger partial charge in [0.1, 0.15) is 6.04 Å². The molecule has 2 amide bonds. The maximum absolute atomic E-state index is 13.2. The minimum atomic E-state index is -1.01. The highest BCUT2D eigenvalue weighted by molar-refractivity contribution is 6.16. The number of hydrogen-bond acceptors (Lipinski definition) is 5. The van der Waals surface area contributed by atoms with Crippen LogP contribution in [0.3, 0.4) is 0 Å². The van der Waals surface area contributed by atoms with Crippen molar-refractivity contribution < 1.29 is 19.1 Å². The highest BCUT2D eigenvalue weighted by Crippen LogP contribution is 2.26. The molecule has 0 aliphatic rings. The van der Waals surface area contributed by atoms with Gasteiger partial charge in [-0.1, -0.05) is 43.3 Å². The normalized spacial score (nSPS) is 13.0. The second-order valence-corrected chi connectivity index (χ2v) is 6.84. The molecular weight excluding hydrogens is 370 g/mol. The summed E-state index contributed by atoms with van der Waals surface area (Å²) in [5.74, 6) is -2.18. The Morgan fingerprint density at radius 3 is 2.10 bits per heavy atom. The molecule has 0 fully saturated rings. The summed E-state index contributed by atoms with van der Waals surface area (Å²) in [5, 5.41) is 4.04. The first-order valence-electron chi connectivity index (χ1n) is 9.46. The van der Waals surface area contributed by atoms with E-state index in [2.05, 4.69) is 10.3 Å². The lowest BCUT2D eigenvalue weighted by atomic mass is 9.99. The Morgan fingerprint density at radius 2 is 1.59 bits per heavy atom. The van der Waals surface area contributed by atoms with Crippen LogP contribution in [-0.4, -0.2) is 35.4 Å². The molecule has 29 heavy (non-hydrogen) atoms. The van der Waals surface area contributed by atoms with E-state index in [-0.39, 0.29) is 13.0 Å². The number of nitrogens with zero attached hydrogens (tertiary/aromatic N) is 1. The number of nitrogens with two attached hydrogens (primary N) is 1. The second-order valence-electron chi connectivity index (χ2n) is 6.84. The lowest BCUT2D eigenvalue weighted by Gasteiger charge is -2.20. The Kier molecular flexibility index (Phi) is 6.07. The SMILES string of the molecule is CCOC(=O)[C@@H](C)C[C@H](NC(=O)c1c2ccccc2nc2ccccc12)C(N)=O. The molecular formula is C22H23N3O4. The van der Waals surface area contributed by atoms with Gasteiger partial charge in [-0.25, -0.2) is 4.98 Å². The molecule has 0 spiro atoms. The van der Waals surface area contributed by atoms with Crippen LogP contribution in [-0.2, 0) is 14.3 Å². The van der Waals surface area contributed by atoms with Crippen LogP contribution >= 0.6 is 0 Å². The summed E-state index contributed by atoms with van der Waals surface area (Å²) in [6.07, 6.45) is 0.0564. The van der Waals surface area contributed by atoms with Crippen molar-refractivity contribution in [2.75, 3.05) is 6.61 Å². The number of aromatic nitrogens is 1. The van der Waals surface area contributed by atoms with Gasteiger partial charge in [-0.2, -0.15) is 0 Å². The number of fused-ring (bicyclic) bond motifs is 2. The molecule has 3 N–H and O–H groups in total. The Hall–Kier alpha value is -3.48. The molecule has 3 rings (SSSR count). The fourth-order valence-electron chi connectivity index (χ4n) is 3.30. The number of pyridine rings is 1. The van der Waals surface area contributed by atoms with Crippen molar-refractivity contribution in [1.29, 1.82) is 0 Å². The largest absolute Gasteiger partial charge is 0.466 e. The molecule has 150 valence electrons. The van der Waals surface area contributed by atoms with Crippen LogP contribution in [0.4, 0.5) is 0 Å². The van der Waals surface area contributed by atoms with E-state index in [1.807, 2.05) is 48.5 Å². The molecule has 0 bridgehead atoms. The zero-order valence-electron chi connectivity index (χ0n) is 16.3. The number of carbonyl (C=O) groups is 3. The lowest BCUT2D eigenvalue weighted by molar-refractivity contribution is -0.147. The van der Waals surface area contributed by atoms with Crippen LogP contribution in [0.15, 0.2) is 48.5 Å². The maximum atomic E-state index is 13.2. The molecule has 2 atom stereocenters. The van der Waals surface area contributed by atoms with Gasteiger partial charge >= 0.3 is 5.97 Å². The van der Waals surface area contributed by atoms with E-state index in [0.29, 0.717) is 27.4 Å². The Bertz CT molecular complexity index is 1030. The third-order valence-corrected chi connectivity index (χ3v) is 4.74. The summed E-state index contributed by atoms with van der Waals surface area (Å²) >= 11 is 0. The first-order valence-corrected chi connectivity index (χ1v) is 9.46. The predicted octanol–water partition coefficient (Wildman–Crippen LogP) is 2.56. The first-order chi connectivity index (χ1) is 13.9. The summed E-state index contributed by atoms with van der Waals surface area (Å²) in [7, 11) is 0. The maximum Gasteiger partial charge on any atom is 0.308 e. The van der Waals surface area contributed by atoms with Crippen LogP contribution in [0.5, 0.6) is 0 Å². The van der Waals surface area contributed by atoms with Crippen molar-refractivity contribution in [2.45, 2.75) is 26.3 Å². The smallest absolute Gasteiger partial charge is 0.308 e. The minimum absolute atomic E-state index is 0.0564. The summed E-state index contributed by atoms with van der Waals surface area (Å²) in [6.45, 7) is 3.58. The Balaban J connectivity index is 1.97. The second kappa shape index (κ2) is 8.68. The molecule has 1 aromatic heterocycles. The summed E-state index contributed by atoms with van der Waals surface area (Å²) in [4.78, 5) is 41.7. The van der Waals surface area contributed by atoms with Crippen LogP contribution < -0.4 is 11.1 Å². The van der Waals surface area contributed by atoms with Gasteiger partial charge < -0.3 is 15.8 Å². The minimum Gasteiger partial charge on any atom is -0.466 e. The Morgan fingerprint density at radius 1 is 1.03 bits per heavy atom. The van der Waals surface area contributed by atoms with E-state index in [0.717, 1.165) is 0 Å². The van der Waals surface area contributed by atoms with E-state index < -0.39 is 29.7 Å². The van der Waals surface area contributed by atoms with Crippen LogP contribution in [0.2, 0.25) is 0 Å². The standard InChI is InChI=1S/C22H23N3O4/c1-3-29-22(28)13(2)12-18(20(23)26)25-21(27)19-14-8-4-6-10-16(14)24-17-11-7-5-9-15(17)19/h4-11,13,18H,3,12H2,1-2H3,(H2,23,26)(H,25,27)/t13-,18-/m0/s1. The molecule has 2 aromatic carbocycles. The molecule has 3 aromatic rings. The monoisotopic (exact) mass is 393 g/mol. The molecule has 0 saturated carbocycles. The number of amides is 2. The average Bonchev–Trinajstić information content (AvgIpc) is 2.71. The molecule has 0 aliphatic carbocycles. The van der Waals surface area contributed by atoms with Crippen molar-refractivity contribution in [1.82, 2.24) is 10.3 Å². The molecule has 0 radical (unpaired) electrons. The molecule has 0 saturated heterocycles. The number of nitrogens with one attached hydrogen (secondary N) is 1. The van der Waals surface area contributed by atoms with Gasteiger partial charge in [-0.05, 0) is 25.5 Å². The third-order valence-electron chi connectivity index (χ3n) is 4.74. The first kappa shape index (κ1) is 20.3. The zero-order chi connectivity index (χ0) is 21.0. The molecule has 0 unspecified atom stereocenters. The fraction of sp³-hybridized carbons (Fsp3) is 0.273. The topological polar surface area (TPSA) is 111 Å². The van der Waals surface area contributed by atoms with Crippen molar-refractivity contribution in [3.8, 4) is 0 Å². The molecule has 0 aliphatic heterocycles. The van der Waals surface area contributed by atoms with Gasteiger partial charge in [-0.3, -0.25) is 14.4 Å². The highest BCUT2D eigenvalue weighted by Gasteiger charge is 2.27. The molecule has 1 heterocycles. The Labute approximate surface area is 168 Å². The number of ether oxygens (including phenoxy) is 1. The number of benzene rings is 2.